The van der Waals surface area contributed by atoms with Crippen LogP contribution in [0, 0.1) is 0 Å². The van der Waals surface area contributed by atoms with Crippen LogP contribution in [0.5, 0.6) is 0 Å². The molecule has 0 aromatic heterocycles. The fourth-order valence-electron chi connectivity index (χ4n) is 3.12. The Morgan fingerprint density at radius 2 is 1.41 bits per heavy atom. The van der Waals surface area contributed by atoms with E-state index in [9.17, 15) is 4.79 Å². The van der Waals surface area contributed by atoms with Crippen LogP contribution in [0.25, 0.3) is 11.1 Å². The van der Waals surface area contributed by atoms with Crippen molar-refractivity contribution in [2.75, 3.05) is 5.75 Å². The smallest absolute Gasteiger partial charge is 0.313 e. The van der Waals surface area contributed by atoms with Gasteiger partial charge >= 0.3 is 5.97 Å². The average Bonchev–Trinajstić information content (AvgIpc) is 2.69. The van der Waals surface area contributed by atoms with E-state index in [-0.39, 0.29) is 5.75 Å². The number of thioether (sulfide) groups is 1. The Morgan fingerprint density at radius 1 is 0.741 bits per heavy atom. The molecule has 0 spiro atoms. The normalized spacial score (nSPS) is 10.7. The van der Waals surface area contributed by atoms with E-state index in [4.69, 9.17) is 5.11 Å². The molecule has 0 aliphatic carbocycles. The fraction of sp³-hybridized carbons (Fsp3) is 0.208. The fourth-order valence-corrected chi connectivity index (χ4v) is 3.81. The number of carboxylic acids is 1. The molecule has 0 saturated carbocycles. The zero-order valence-electron chi connectivity index (χ0n) is 15.3. The van der Waals surface area contributed by atoms with Crippen LogP contribution in [0.2, 0.25) is 0 Å². The van der Waals surface area contributed by atoms with Gasteiger partial charge < -0.3 is 5.11 Å². The van der Waals surface area contributed by atoms with Crippen molar-refractivity contribution in [3.63, 3.8) is 0 Å². The number of carboxylic acid groups (broad SMARTS) is 1. The van der Waals surface area contributed by atoms with Crippen molar-refractivity contribution in [2.24, 2.45) is 0 Å². The lowest BCUT2D eigenvalue weighted by atomic mass is 10.00. The summed E-state index contributed by atoms with van der Waals surface area (Å²) in [5, 5.41) is 8.73. The number of carbonyl (C=O) groups is 1. The van der Waals surface area contributed by atoms with Crippen LogP contribution >= 0.6 is 11.8 Å². The zero-order chi connectivity index (χ0) is 18.9. The molecule has 0 aliphatic rings. The highest BCUT2D eigenvalue weighted by Crippen LogP contribution is 2.20. The molecule has 3 heteroatoms. The summed E-state index contributed by atoms with van der Waals surface area (Å²) in [6.07, 6.45) is 3.21. The third kappa shape index (κ3) is 6.30. The van der Waals surface area contributed by atoms with Gasteiger partial charge in [0.25, 0.3) is 0 Å². The Hall–Kier alpha value is -2.52. The average molecular weight is 377 g/mol. The molecule has 0 fully saturated rings. The molecule has 0 unspecified atom stereocenters. The number of aryl methyl sites for hydroxylation is 2. The number of hydrogen-bond donors (Lipinski definition) is 1. The number of hydrogen-bond acceptors (Lipinski definition) is 2. The number of rotatable bonds is 9. The topological polar surface area (TPSA) is 37.3 Å². The highest BCUT2D eigenvalue weighted by atomic mass is 32.2. The van der Waals surface area contributed by atoms with Crippen molar-refractivity contribution in [3.8, 4) is 11.1 Å². The van der Waals surface area contributed by atoms with Gasteiger partial charge in [-0.1, -0.05) is 78.9 Å². The molecule has 0 atom stereocenters. The van der Waals surface area contributed by atoms with E-state index < -0.39 is 5.97 Å². The molecular weight excluding hydrogens is 352 g/mol. The molecule has 2 nitrogen and oxygen atoms in total. The summed E-state index contributed by atoms with van der Waals surface area (Å²) < 4.78 is 0. The minimum absolute atomic E-state index is 0.156. The summed E-state index contributed by atoms with van der Waals surface area (Å²) in [5.74, 6) is 0.152. The van der Waals surface area contributed by atoms with Gasteiger partial charge in [0.2, 0.25) is 0 Å². The van der Waals surface area contributed by atoms with E-state index in [1.165, 1.54) is 39.6 Å². The third-order valence-corrected chi connectivity index (χ3v) is 5.47. The molecule has 0 bridgehead atoms. The second-order valence-corrected chi connectivity index (χ2v) is 7.61. The molecule has 27 heavy (non-hydrogen) atoms. The van der Waals surface area contributed by atoms with E-state index >= 15 is 0 Å². The molecule has 0 amide bonds. The van der Waals surface area contributed by atoms with Crippen LogP contribution in [0.3, 0.4) is 0 Å². The molecule has 0 heterocycles. The molecule has 3 aromatic carbocycles. The van der Waals surface area contributed by atoms with E-state index in [1.54, 1.807) is 0 Å². The van der Waals surface area contributed by atoms with Crippen LogP contribution < -0.4 is 0 Å². The monoisotopic (exact) mass is 376 g/mol. The predicted octanol–water partition coefficient (Wildman–Crippen LogP) is 5.85. The van der Waals surface area contributed by atoms with Crippen molar-refractivity contribution >= 4 is 17.7 Å². The molecule has 0 saturated heterocycles. The number of benzene rings is 3. The van der Waals surface area contributed by atoms with Gasteiger partial charge in [-0.2, -0.15) is 0 Å². The lowest BCUT2D eigenvalue weighted by molar-refractivity contribution is -0.133. The Bertz CT molecular complexity index is 857. The minimum Gasteiger partial charge on any atom is -0.481 e. The largest absolute Gasteiger partial charge is 0.481 e. The van der Waals surface area contributed by atoms with Crippen molar-refractivity contribution in [2.45, 2.75) is 25.0 Å². The number of aliphatic carboxylic acids is 1. The lowest BCUT2D eigenvalue weighted by Crippen LogP contribution is -1.98. The van der Waals surface area contributed by atoms with Gasteiger partial charge in [0.1, 0.15) is 0 Å². The first kappa shape index (κ1) is 19.2. The second-order valence-electron chi connectivity index (χ2n) is 6.62. The highest BCUT2D eigenvalue weighted by molar-refractivity contribution is 7.99. The van der Waals surface area contributed by atoms with Crippen LogP contribution in [0.15, 0.2) is 78.9 Å². The Kier molecular flexibility index (Phi) is 7.11. The Balaban J connectivity index is 1.49. The molecule has 0 radical (unpaired) electrons. The summed E-state index contributed by atoms with van der Waals surface area (Å²) in [5.41, 5.74) is 6.39. The molecule has 1 N–H and O–H groups in total. The van der Waals surface area contributed by atoms with Gasteiger partial charge in [0.05, 0.1) is 5.75 Å². The first-order chi connectivity index (χ1) is 13.2. The van der Waals surface area contributed by atoms with Gasteiger partial charge in [-0.25, -0.2) is 0 Å². The Labute approximate surface area is 165 Å². The second kappa shape index (κ2) is 9.98. The predicted molar refractivity (Wildman–Crippen MR) is 114 cm³/mol. The lowest BCUT2D eigenvalue weighted by Gasteiger charge is -2.07. The van der Waals surface area contributed by atoms with E-state index in [2.05, 4.69) is 72.8 Å². The van der Waals surface area contributed by atoms with Crippen LogP contribution in [-0.2, 0) is 23.4 Å². The third-order valence-electron chi connectivity index (χ3n) is 4.48. The van der Waals surface area contributed by atoms with Gasteiger partial charge in [-0.05, 0) is 47.1 Å². The van der Waals surface area contributed by atoms with Crippen molar-refractivity contribution in [1.29, 1.82) is 0 Å². The summed E-state index contributed by atoms with van der Waals surface area (Å²) in [7, 11) is 0. The maximum absolute atomic E-state index is 10.6. The standard InChI is InChI=1S/C24H24O2S/c25-24(26)18-27-17-21-9-5-8-20(16-21)7-4-6-19-12-14-23(15-13-19)22-10-2-1-3-11-22/h1-3,5,8-16H,4,6-7,17-18H2,(H,25,26). The Morgan fingerprint density at radius 3 is 2.15 bits per heavy atom. The summed E-state index contributed by atoms with van der Waals surface area (Å²) in [6.45, 7) is 0. The maximum Gasteiger partial charge on any atom is 0.313 e. The van der Waals surface area contributed by atoms with Crippen LogP contribution in [-0.4, -0.2) is 16.8 Å². The first-order valence-electron chi connectivity index (χ1n) is 9.22. The minimum atomic E-state index is -0.755. The summed E-state index contributed by atoms with van der Waals surface area (Å²) >= 11 is 1.44. The molecule has 3 aromatic rings. The van der Waals surface area contributed by atoms with E-state index in [0.717, 1.165) is 25.0 Å². The van der Waals surface area contributed by atoms with Crippen molar-refractivity contribution in [3.05, 3.63) is 95.6 Å². The summed E-state index contributed by atoms with van der Waals surface area (Å²) in [4.78, 5) is 10.6. The zero-order valence-corrected chi connectivity index (χ0v) is 16.1. The van der Waals surface area contributed by atoms with Gasteiger partial charge in [0.15, 0.2) is 0 Å². The van der Waals surface area contributed by atoms with Crippen molar-refractivity contribution < 1.29 is 9.90 Å². The molecular formula is C24H24O2S. The molecule has 0 aliphatic heterocycles. The quantitative estimate of drug-likeness (QED) is 0.509. The van der Waals surface area contributed by atoms with Gasteiger partial charge in [-0.3, -0.25) is 4.79 Å². The maximum atomic E-state index is 10.6. The van der Waals surface area contributed by atoms with E-state index in [0.29, 0.717) is 0 Å². The van der Waals surface area contributed by atoms with Gasteiger partial charge in [0, 0.05) is 5.75 Å². The van der Waals surface area contributed by atoms with Crippen LogP contribution in [0.1, 0.15) is 23.1 Å². The first-order valence-corrected chi connectivity index (χ1v) is 10.4. The summed E-state index contributed by atoms with van der Waals surface area (Å²) in [6, 6.07) is 27.8. The highest BCUT2D eigenvalue weighted by Gasteiger charge is 2.02. The SMILES string of the molecule is O=C(O)CSCc1cccc(CCCc2ccc(-c3ccccc3)cc2)c1. The van der Waals surface area contributed by atoms with Crippen molar-refractivity contribution in [1.82, 2.24) is 0 Å². The van der Waals surface area contributed by atoms with Crippen LogP contribution in [0.4, 0.5) is 0 Å². The molecule has 3 rings (SSSR count). The molecule has 138 valence electrons. The van der Waals surface area contributed by atoms with E-state index in [1.807, 2.05) is 6.07 Å². The van der Waals surface area contributed by atoms with Gasteiger partial charge in [-0.15, -0.1) is 11.8 Å².